The fourth-order valence-electron chi connectivity index (χ4n) is 3.15. The fourth-order valence-corrected chi connectivity index (χ4v) is 6.58. The Balaban J connectivity index is 1.61. The molecule has 0 saturated heterocycles. The van der Waals surface area contributed by atoms with Crippen molar-refractivity contribution in [3.8, 4) is 0 Å². The molecule has 0 saturated carbocycles. The number of aromatic nitrogens is 1. The predicted molar refractivity (Wildman–Crippen MR) is 110 cm³/mol. The molecule has 0 bridgehead atoms. The van der Waals surface area contributed by atoms with Gasteiger partial charge in [0.25, 0.3) is 10.0 Å². The number of anilines is 1. The maximum absolute atomic E-state index is 12.8. The van der Waals surface area contributed by atoms with Crippen LogP contribution < -0.4 is 4.72 Å². The Morgan fingerprint density at radius 2 is 1.92 bits per heavy atom. The highest BCUT2D eigenvalue weighted by molar-refractivity contribution is 8.01. The van der Waals surface area contributed by atoms with Crippen LogP contribution in [0, 0.1) is 0 Å². The van der Waals surface area contributed by atoms with Crippen molar-refractivity contribution >= 4 is 49.0 Å². The van der Waals surface area contributed by atoms with Gasteiger partial charge in [0.2, 0.25) is 0 Å². The average molecular weight is 405 g/mol. The molecule has 1 N–H and O–H groups in total. The van der Waals surface area contributed by atoms with Gasteiger partial charge < -0.3 is 0 Å². The lowest BCUT2D eigenvalue weighted by molar-refractivity contribution is 0.601. The number of benzene rings is 2. The Morgan fingerprint density at radius 3 is 2.73 bits per heavy atom. The summed E-state index contributed by atoms with van der Waals surface area (Å²) in [6.07, 6.45) is 3.11. The third kappa shape index (κ3) is 3.61. The molecular weight excluding hydrogens is 384 g/mol. The first-order valence-electron chi connectivity index (χ1n) is 8.62. The van der Waals surface area contributed by atoms with Crippen LogP contribution in [0.2, 0.25) is 0 Å². The summed E-state index contributed by atoms with van der Waals surface area (Å²) in [7, 11) is -3.59. The van der Waals surface area contributed by atoms with Crippen molar-refractivity contribution in [1.29, 1.82) is 0 Å². The highest BCUT2D eigenvalue weighted by Gasteiger charge is 2.19. The molecule has 136 valence electrons. The summed E-state index contributed by atoms with van der Waals surface area (Å²) in [6, 6.07) is 11.0. The molecule has 4 rings (SSSR count). The highest BCUT2D eigenvalue weighted by atomic mass is 32.2. The minimum absolute atomic E-state index is 0.332. The predicted octanol–water partition coefficient (Wildman–Crippen LogP) is 5.09. The summed E-state index contributed by atoms with van der Waals surface area (Å²) in [4.78, 5) is 4.92. The van der Waals surface area contributed by atoms with Crippen LogP contribution >= 0.6 is 23.1 Å². The monoisotopic (exact) mass is 404 g/mol. The van der Waals surface area contributed by atoms with E-state index in [-0.39, 0.29) is 0 Å². The third-order valence-electron chi connectivity index (χ3n) is 4.34. The number of hydrogen-bond donors (Lipinski definition) is 1. The smallest absolute Gasteiger partial charge is 0.261 e. The summed E-state index contributed by atoms with van der Waals surface area (Å²) in [5.74, 6) is 0. The molecule has 7 heteroatoms. The zero-order valence-electron chi connectivity index (χ0n) is 14.7. The molecule has 0 aliphatic heterocycles. The van der Waals surface area contributed by atoms with Gasteiger partial charge in [-0.25, -0.2) is 13.4 Å². The number of hydrogen-bond acceptors (Lipinski definition) is 5. The maximum Gasteiger partial charge on any atom is 0.261 e. The van der Waals surface area contributed by atoms with Crippen LogP contribution in [0.25, 0.3) is 10.2 Å². The number of sulfonamides is 1. The van der Waals surface area contributed by atoms with Crippen LogP contribution in [0.15, 0.2) is 45.6 Å². The zero-order chi connectivity index (χ0) is 18.3. The summed E-state index contributed by atoms with van der Waals surface area (Å²) in [6.45, 7) is 4.26. The van der Waals surface area contributed by atoms with Gasteiger partial charge >= 0.3 is 0 Å². The molecule has 4 nitrogen and oxygen atoms in total. The molecule has 3 aromatic rings. The van der Waals surface area contributed by atoms with Crippen molar-refractivity contribution in [1.82, 2.24) is 4.98 Å². The molecule has 0 radical (unpaired) electrons. The quantitative estimate of drug-likeness (QED) is 0.602. The van der Waals surface area contributed by atoms with Crippen LogP contribution in [-0.4, -0.2) is 18.7 Å². The van der Waals surface area contributed by atoms with Crippen molar-refractivity contribution in [2.24, 2.45) is 0 Å². The second kappa shape index (κ2) is 6.87. The van der Waals surface area contributed by atoms with Crippen molar-refractivity contribution in [2.45, 2.75) is 47.6 Å². The minimum atomic E-state index is -3.59. The van der Waals surface area contributed by atoms with Crippen molar-refractivity contribution in [3.63, 3.8) is 0 Å². The summed E-state index contributed by atoms with van der Waals surface area (Å²) < 4.78 is 30.2. The van der Waals surface area contributed by atoms with Gasteiger partial charge in [-0.2, -0.15) is 0 Å². The van der Waals surface area contributed by atoms with Gasteiger partial charge in [0.15, 0.2) is 4.34 Å². The van der Waals surface area contributed by atoms with Gasteiger partial charge in [0.1, 0.15) is 0 Å². The molecule has 1 heterocycles. The summed E-state index contributed by atoms with van der Waals surface area (Å²) >= 11 is 3.32. The van der Waals surface area contributed by atoms with Crippen molar-refractivity contribution in [2.75, 3.05) is 4.72 Å². The normalized spacial score (nSPS) is 14.1. The van der Waals surface area contributed by atoms with E-state index in [0.717, 1.165) is 39.4 Å². The Morgan fingerprint density at radius 1 is 1.12 bits per heavy atom. The minimum Gasteiger partial charge on any atom is -0.280 e. The molecule has 1 aliphatic rings. The number of thioether (sulfide) groups is 1. The average Bonchev–Trinajstić information content (AvgIpc) is 3.18. The van der Waals surface area contributed by atoms with Gasteiger partial charge in [-0.15, -0.1) is 11.3 Å². The van der Waals surface area contributed by atoms with E-state index in [9.17, 15) is 8.42 Å². The largest absolute Gasteiger partial charge is 0.280 e. The van der Waals surface area contributed by atoms with Crippen LogP contribution in [-0.2, 0) is 22.9 Å². The number of thiazole rings is 1. The Bertz CT molecular complexity index is 1070. The fraction of sp³-hybridized carbons (Fsp3) is 0.316. The zero-order valence-corrected chi connectivity index (χ0v) is 17.1. The van der Waals surface area contributed by atoms with E-state index in [2.05, 4.69) is 23.6 Å². The van der Waals surface area contributed by atoms with E-state index in [1.807, 2.05) is 24.3 Å². The number of fused-ring (bicyclic) bond motifs is 2. The molecule has 0 atom stereocenters. The molecular formula is C19H20N2O2S3. The van der Waals surface area contributed by atoms with Crippen LogP contribution in [0.5, 0.6) is 0 Å². The molecule has 1 aliphatic carbocycles. The second-order valence-electron chi connectivity index (χ2n) is 6.72. The number of nitrogens with zero attached hydrogens (tertiary/aromatic N) is 1. The standard InChI is InChI=1S/C19H20N2O2S3/c1-12(2)24-19-20-17-9-7-15(11-18(17)25-19)21-26(22,23)16-8-6-13-4-3-5-14(13)10-16/h6-12,21H,3-5H2,1-2H3. The number of aryl methyl sites for hydroxylation is 2. The Hall–Kier alpha value is -1.57. The van der Waals surface area contributed by atoms with E-state index in [1.54, 1.807) is 35.2 Å². The third-order valence-corrected chi connectivity index (χ3v) is 7.83. The van der Waals surface area contributed by atoms with Crippen LogP contribution in [0.1, 0.15) is 31.4 Å². The molecule has 0 spiro atoms. The lowest BCUT2D eigenvalue weighted by Gasteiger charge is -2.09. The topological polar surface area (TPSA) is 59.1 Å². The van der Waals surface area contributed by atoms with Gasteiger partial charge in [0.05, 0.1) is 20.8 Å². The van der Waals surface area contributed by atoms with E-state index in [1.165, 1.54) is 5.56 Å². The van der Waals surface area contributed by atoms with Gasteiger partial charge in [-0.05, 0) is 60.7 Å². The highest BCUT2D eigenvalue weighted by Crippen LogP contribution is 2.33. The van der Waals surface area contributed by atoms with Crippen LogP contribution in [0.4, 0.5) is 5.69 Å². The van der Waals surface area contributed by atoms with Crippen molar-refractivity contribution < 1.29 is 8.42 Å². The molecule has 1 aromatic heterocycles. The molecule has 2 aromatic carbocycles. The van der Waals surface area contributed by atoms with E-state index < -0.39 is 10.0 Å². The molecule has 0 fully saturated rings. The summed E-state index contributed by atoms with van der Waals surface area (Å²) in [5.41, 5.74) is 3.90. The molecule has 26 heavy (non-hydrogen) atoms. The van der Waals surface area contributed by atoms with Gasteiger partial charge in [-0.3, -0.25) is 4.72 Å². The first-order chi connectivity index (χ1) is 12.4. The Kier molecular flexibility index (Phi) is 4.71. The molecule has 0 amide bonds. The lowest BCUT2D eigenvalue weighted by Crippen LogP contribution is -2.13. The van der Waals surface area contributed by atoms with Gasteiger partial charge in [-0.1, -0.05) is 31.7 Å². The number of rotatable bonds is 5. The van der Waals surface area contributed by atoms with Gasteiger partial charge in [0, 0.05) is 5.25 Å². The van der Waals surface area contributed by atoms with Crippen molar-refractivity contribution in [3.05, 3.63) is 47.5 Å². The first kappa shape index (κ1) is 17.8. The van der Waals surface area contributed by atoms with E-state index >= 15 is 0 Å². The van der Waals surface area contributed by atoms with E-state index in [0.29, 0.717) is 15.8 Å². The van der Waals surface area contributed by atoms with E-state index in [4.69, 9.17) is 0 Å². The second-order valence-corrected chi connectivity index (χ2v) is 11.3. The SMILES string of the molecule is CC(C)Sc1nc2ccc(NS(=O)(=O)c3ccc4c(c3)CCC4)cc2s1. The number of nitrogens with one attached hydrogen (secondary N) is 1. The van der Waals surface area contributed by atoms with Crippen LogP contribution in [0.3, 0.4) is 0 Å². The summed E-state index contributed by atoms with van der Waals surface area (Å²) in [5, 5.41) is 0.466. The lowest BCUT2D eigenvalue weighted by atomic mass is 10.1. The maximum atomic E-state index is 12.8. The Labute approximate surface area is 162 Å². The first-order valence-corrected chi connectivity index (χ1v) is 11.8. The molecule has 0 unspecified atom stereocenters.